The van der Waals surface area contributed by atoms with E-state index in [0.717, 1.165) is 6.26 Å². The van der Waals surface area contributed by atoms with Crippen molar-refractivity contribution in [3.8, 4) is 0 Å². The normalized spacial score (nSPS) is 18.8. The highest BCUT2D eigenvalue weighted by Crippen LogP contribution is 2.28. The summed E-state index contributed by atoms with van der Waals surface area (Å²) in [5, 5.41) is 9.60. The van der Waals surface area contributed by atoms with E-state index in [-0.39, 0.29) is 0 Å². The van der Waals surface area contributed by atoms with Crippen LogP contribution in [-0.4, -0.2) is 29.1 Å². The number of rotatable bonds is 2. The van der Waals surface area contributed by atoms with Gasteiger partial charge >= 0.3 is 0 Å². The van der Waals surface area contributed by atoms with Gasteiger partial charge in [-0.3, -0.25) is 0 Å². The molecular weight excluding hydrogens is 291 g/mol. The van der Waals surface area contributed by atoms with Crippen molar-refractivity contribution in [3.63, 3.8) is 0 Å². The molecule has 0 aliphatic heterocycles. The lowest BCUT2D eigenvalue weighted by atomic mass is 9.90. The van der Waals surface area contributed by atoms with Crippen molar-refractivity contribution in [1.29, 1.82) is 0 Å². The van der Waals surface area contributed by atoms with Crippen LogP contribution in [0.5, 0.6) is 0 Å². The van der Waals surface area contributed by atoms with Crippen molar-refractivity contribution in [1.82, 2.24) is 0 Å². The molecule has 0 spiro atoms. The Bertz CT molecular complexity index is 240. The van der Waals surface area contributed by atoms with Gasteiger partial charge in [-0.05, 0) is 5.41 Å². The molecule has 3 nitrogen and oxygen atoms in total. The fraction of sp³-hybridized carbons (Fsp3) is 1.00. The van der Waals surface area contributed by atoms with Crippen molar-refractivity contribution in [2.75, 3.05) is 6.26 Å². The molecule has 2 atom stereocenters. The molecule has 0 aliphatic carbocycles. The average Bonchev–Trinajstić information content (AvgIpc) is 1.80. The third-order valence-corrected chi connectivity index (χ3v) is 6.07. The highest BCUT2D eigenvalue weighted by Gasteiger charge is 2.34. The molecule has 0 rings (SSSR count). The molecule has 0 saturated heterocycles. The summed E-state index contributed by atoms with van der Waals surface area (Å²) >= 11 is 1.76. The quantitative estimate of drug-likeness (QED) is 0.616. The van der Waals surface area contributed by atoms with E-state index in [9.17, 15) is 13.5 Å². The first-order valence-corrected chi connectivity index (χ1v) is 6.78. The predicted octanol–water partition coefficient (Wildman–Crippen LogP) is 1.20. The lowest BCUT2D eigenvalue weighted by Gasteiger charge is -2.28. The monoisotopic (exact) mass is 306 g/mol. The van der Waals surface area contributed by atoms with Gasteiger partial charge in [0.1, 0.15) is 3.26 Å². The van der Waals surface area contributed by atoms with Crippen LogP contribution in [0.25, 0.3) is 0 Å². The van der Waals surface area contributed by atoms with Crippen LogP contribution in [0.2, 0.25) is 0 Å². The maximum atomic E-state index is 11.1. The first-order valence-electron chi connectivity index (χ1n) is 3.58. The molecular formula is C7H15IO3S. The smallest absolute Gasteiger partial charge is 0.162 e. The molecule has 74 valence electrons. The van der Waals surface area contributed by atoms with Crippen LogP contribution >= 0.6 is 22.6 Å². The summed E-state index contributed by atoms with van der Waals surface area (Å²) in [7, 11) is -3.15. The van der Waals surface area contributed by atoms with Crippen molar-refractivity contribution >= 4 is 32.4 Å². The molecule has 0 heterocycles. The molecule has 0 bridgehead atoms. The zero-order chi connectivity index (χ0) is 10.2. The van der Waals surface area contributed by atoms with Gasteiger partial charge in [0.2, 0.25) is 0 Å². The van der Waals surface area contributed by atoms with Crippen LogP contribution in [0.1, 0.15) is 20.8 Å². The van der Waals surface area contributed by atoms with Gasteiger partial charge in [-0.1, -0.05) is 43.4 Å². The Labute approximate surface area is 87.6 Å². The average molecular weight is 306 g/mol. The molecule has 2 unspecified atom stereocenters. The van der Waals surface area contributed by atoms with Gasteiger partial charge in [-0.15, -0.1) is 0 Å². The first kappa shape index (κ1) is 12.6. The Kier molecular flexibility index (Phi) is 3.99. The highest BCUT2D eigenvalue weighted by atomic mass is 127. The molecule has 0 aliphatic rings. The molecule has 0 saturated carbocycles. The number of hydrogen-bond donors (Lipinski definition) is 1. The van der Waals surface area contributed by atoms with E-state index < -0.39 is 24.6 Å². The summed E-state index contributed by atoms with van der Waals surface area (Å²) in [6.07, 6.45) is 0.312. The standard InChI is InChI=1S/C7H15IO3S/c1-7(2,3)5(9)6(8)12(4,10)11/h5-6,9H,1-4H3. The Morgan fingerprint density at radius 2 is 1.67 bits per heavy atom. The van der Waals surface area contributed by atoms with E-state index in [1.165, 1.54) is 0 Å². The number of alkyl halides is 1. The van der Waals surface area contributed by atoms with E-state index >= 15 is 0 Å². The van der Waals surface area contributed by atoms with Crippen molar-refractivity contribution in [2.45, 2.75) is 30.1 Å². The minimum atomic E-state index is -3.15. The minimum absolute atomic E-state index is 0.394. The summed E-state index contributed by atoms with van der Waals surface area (Å²) in [5.74, 6) is 0. The second kappa shape index (κ2) is 3.79. The number of aliphatic hydroxyl groups excluding tert-OH is 1. The van der Waals surface area contributed by atoms with Gasteiger partial charge in [0.15, 0.2) is 9.84 Å². The summed E-state index contributed by atoms with van der Waals surface area (Å²) in [6, 6.07) is 0. The summed E-state index contributed by atoms with van der Waals surface area (Å²) in [5.41, 5.74) is -0.394. The summed E-state index contributed by atoms with van der Waals surface area (Å²) in [4.78, 5) is 0. The second-order valence-corrected chi connectivity index (χ2v) is 8.35. The number of aliphatic hydroxyl groups is 1. The van der Waals surface area contributed by atoms with E-state index in [4.69, 9.17) is 0 Å². The van der Waals surface area contributed by atoms with Gasteiger partial charge in [-0.25, -0.2) is 8.42 Å². The molecule has 0 amide bonds. The minimum Gasteiger partial charge on any atom is -0.390 e. The zero-order valence-corrected chi connectivity index (χ0v) is 10.7. The Morgan fingerprint density at radius 3 is 1.75 bits per heavy atom. The van der Waals surface area contributed by atoms with Crippen LogP contribution in [0.4, 0.5) is 0 Å². The Hall–Kier alpha value is 0.640. The largest absolute Gasteiger partial charge is 0.390 e. The zero-order valence-electron chi connectivity index (χ0n) is 7.70. The fourth-order valence-electron chi connectivity index (χ4n) is 0.627. The van der Waals surface area contributed by atoms with Crippen LogP contribution < -0.4 is 0 Å². The van der Waals surface area contributed by atoms with E-state index in [1.54, 1.807) is 22.6 Å². The maximum absolute atomic E-state index is 11.1. The highest BCUT2D eigenvalue weighted by molar-refractivity contribution is 14.1. The number of hydrogen-bond acceptors (Lipinski definition) is 3. The van der Waals surface area contributed by atoms with Gasteiger partial charge < -0.3 is 5.11 Å². The third-order valence-electron chi connectivity index (χ3n) is 1.54. The Balaban J connectivity index is 4.64. The van der Waals surface area contributed by atoms with Gasteiger partial charge in [0, 0.05) is 6.26 Å². The van der Waals surface area contributed by atoms with Gasteiger partial charge in [-0.2, -0.15) is 0 Å². The lowest BCUT2D eigenvalue weighted by Crippen LogP contribution is -2.38. The fourth-order valence-corrected chi connectivity index (χ4v) is 2.58. The molecule has 5 heteroatoms. The predicted molar refractivity (Wildman–Crippen MR) is 58.1 cm³/mol. The number of sulfone groups is 1. The SMILES string of the molecule is CC(C)(C)C(O)C(I)S(C)(=O)=O. The van der Waals surface area contributed by atoms with Crippen LogP contribution in [0.3, 0.4) is 0 Å². The van der Waals surface area contributed by atoms with Gasteiger partial charge in [0.05, 0.1) is 6.10 Å². The topological polar surface area (TPSA) is 54.4 Å². The molecule has 0 aromatic rings. The Morgan fingerprint density at radius 1 is 1.33 bits per heavy atom. The maximum Gasteiger partial charge on any atom is 0.162 e. The first-order chi connectivity index (χ1) is 5.07. The van der Waals surface area contributed by atoms with Crippen LogP contribution in [0, 0.1) is 5.41 Å². The second-order valence-electron chi connectivity index (χ2n) is 3.99. The molecule has 1 N–H and O–H groups in total. The van der Waals surface area contributed by atoms with Crippen molar-refractivity contribution < 1.29 is 13.5 Å². The van der Waals surface area contributed by atoms with Crippen LogP contribution in [0.15, 0.2) is 0 Å². The van der Waals surface area contributed by atoms with E-state index in [1.807, 2.05) is 20.8 Å². The molecule has 12 heavy (non-hydrogen) atoms. The summed E-state index contributed by atoms with van der Waals surface area (Å²) in [6.45, 7) is 5.44. The molecule has 0 aromatic heterocycles. The number of halogens is 1. The molecule has 0 radical (unpaired) electrons. The van der Waals surface area contributed by atoms with Crippen LogP contribution in [-0.2, 0) is 9.84 Å². The van der Waals surface area contributed by atoms with Crippen molar-refractivity contribution in [3.05, 3.63) is 0 Å². The summed E-state index contributed by atoms with van der Waals surface area (Å²) < 4.78 is 21.4. The van der Waals surface area contributed by atoms with Gasteiger partial charge in [0.25, 0.3) is 0 Å². The van der Waals surface area contributed by atoms with Crippen molar-refractivity contribution in [2.24, 2.45) is 5.41 Å². The molecule has 0 aromatic carbocycles. The lowest BCUT2D eigenvalue weighted by molar-refractivity contribution is 0.0790. The van der Waals surface area contributed by atoms with E-state index in [2.05, 4.69) is 0 Å². The molecule has 0 fully saturated rings. The van der Waals surface area contributed by atoms with E-state index in [0.29, 0.717) is 0 Å². The third kappa shape index (κ3) is 3.57.